The third-order valence-electron chi connectivity index (χ3n) is 2.40. The molecule has 0 spiro atoms. The number of aliphatic hydroxyl groups excluding tert-OH is 1. The van der Waals surface area contributed by atoms with Gasteiger partial charge in [0, 0.05) is 14.5 Å². The molecule has 0 saturated carbocycles. The van der Waals surface area contributed by atoms with E-state index in [2.05, 4.69) is 31.9 Å². The number of aliphatic hydroxyl groups is 1. The summed E-state index contributed by atoms with van der Waals surface area (Å²) in [5.41, 5.74) is 0.828. The van der Waals surface area contributed by atoms with Gasteiger partial charge in [0.25, 0.3) is 0 Å². The summed E-state index contributed by atoms with van der Waals surface area (Å²) < 4.78 is 6.89. The fourth-order valence-electron chi connectivity index (χ4n) is 1.50. The summed E-state index contributed by atoms with van der Waals surface area (Å²) in [7, 11) is 1.62. The number of halogens is 2. The Morgan fingerprint density at radius 3 is 2.53 bits per heavy atom. The van der Waals surface area contributed by atoms with Crippen molar-refractivity contribution in [3.63, 3.8) is 0 Å². The summed E-state index contributed by atoms with van der Waals surface area (Å²) in [6.07, 6.45) is -0.635. The minimum atomic E-state index is -0.635. The highest BCUT2D eigenvalue weighted by Crippen LogP contribution is 2.37. The van der Waals surface area contributed by atoms with Crippen molar-refractivity contribution in [1.82, 2.24) is 0 Å². The molecule has 0 aliphatic heterocycles. The number of benzene rings is 1. The Labute approximate surface area is 121 Å². The van der Waals surface area contributed by atoms with Gasteiger partial charge in [-0.05, 0) is 39.5 Å². The lowest BCUT2D eigenvalue weighted by molar-refractivity contribution is 0.222. The maximum atomic E-state index is 10.3. The van der Waals surface area contributed by atoms with Gasteiger partial charge in [0.1, 0.15) is 11.9 Å². The van der Waals surface area contributed by atoms with Crippen LogP contribution in [0, 0.1) is 0 Å². The van der Waals surface area contributed by atoms with E-state index in [0.29, 0.717) is 0 Å². The van der Waals surface area contributed by atoms with Gasteiger partial charge in [-0.25, -0.2) is 0 Å². The molecular weight excluding hydrogens is 368 g/mol. The van der Waals surface area contributed by atoms with E-state index < -0.39 is 6.10 Å². The number of rotatable bonds is 3. The second-order valence-electron chi connectivity index (χ2n) is 3.42. The van der Waals surface area contributed by atoms with E-state index in [9.17, 15) is 5.11 Å². The number of ether oxygens (including phenoxy) is 1. The van der Waals surface area contributed by atoms with Crippen molar-refractivity contribution in [3.05, 3.63) is 49.0 Å². The van der Waals surface area contributed by atoms with Gasteiger partial charge in [-0.15, -0.1) is 11.3 Å². The summed E-state index contributed by atoms with van der Waals surface area (Å²) in [6.45, 7) is 0. The molecule has 1 aromatic heterocycles. The minimum Gasteiger partial charge on any atom is -0.497 e. The summed E-state index contributed by atoms with van der Waals surface area (Å²) in [4.78, 5) is 0.899. The van der Waals surface area contributed by atoms with Crippen LogP contribution in [-0.2, 0) is 0 Å². The summed E-state index contributed by atoms with van der Waals surface area (Å²) in [5, 5.41) is 12.3. The average molecular weight is 378 g/mol. The molecule has 0 aliphatic rings. The Hall–Kier alpha value is -0.360. The number of thiophene rings is 1. The van der Waals surface area contributed by atoms with Crippen molar-refractivity contribution in [3.8, 4) is 5.75 Å². The summed E-state index contributed by atoms with van der Waals surface area (Å²) in [6, 6.07) is 7.48. The maximum absolute atomic E-state index is 10.3. The zero-order valence-electron chi connectivity index (χ0n) is 8.98. The van der Waals surface area contributed by atoms with E-state index in [-0.39, 0.29) is 0 Å². The second kappa shape index (κ2) is 5.52. The first-order chi connectivity index (χ1) is 8.13. The van der Waals surface area contributed by atoms with Crippen molar-refractivity contribution in [2.24, 2.45) is 0 Å². The molecule has 5 heteroatoms. The third-order valence-corrected chi connectivity index (χ3v) is 5.01. The van der Waals surface area contributed by atoms with Crippen LogP contribution in [-0.4, -0.2) is 12.2 Å². The number of hydrogen-bond donors (Lipinski definition) is 1. The first kappa shape index (κ1) is 13.1. The molecule has 0 amide bonds. The van der Waals surface area contributed by atoms with Crippen LogP contribution in [0.3, 0.4) is 0 Å². The maximum Gasteiger partial charge on any atom is 0.120 e. The predicted molar refractivity (Wildman–Crippen MR) is 76.8 cm³/mol. The van der Waals surface area contributed by atoms with Crippen LogP contribution in [0.25, 0.3) is 0 Å². The molecule has 90 valence electrons. The molecule has 2 aromatic rings. The molecule has 0 saturated heterocycles. The molecule has 1 atom stereocenters. The third kappa shape index (κ3) is 2.73. The van der Waals surface area contributed by atoms with Gasteiger partial charge in [0.2, 0.25) is 0 Å². The van der Waals surface area contributed by atoms with E-state index in [1.807, 2.05) is 29.6 Å². The molecule has 1 unspecified atom stereocenters. The average Bonchev–Trinajstić information content (AvgIpc) is 2.74. The van der Waals surface area contributed by atoms with Crippen molar-refractivity contribution in [2.75, 3.05) is 7.11 Å². The van der Waals surface area contributed by atoms with Crippen molar-refractivity contribution >= 4 is 43.2 Å². The van der Waals surface area contributed by atoms with Gasteiger partial charge >= 0.3 is 0 Å². The van der Waals surface area contributed by atoms with Crippen LogP contribution in [0.4, 0.5) is 0 Å². The van der Waals surface area contributed by atoms with E-state index in [1.54, 1.807) is 7.11 Å². The lowest BCUT2D eigenvalue weighted by Crippen LogP contribution is -1.99. The molecule has 0 fully saturated rings. The predicted octanol–water partition coefficient (Wildman–Crippen LogP) is 4.36. The molecule has 0 bridgehead atoms. The summed E-state index contributed by atoms with van der Waals surface area (Å²) in [5.74, 6) is 0.762. The first-order valence-electron chi connectivity index (χ1n) is 4.88. The monoisotopic (exact) mass is 376 g/mol. The van der Waals surface area contributed by atoms with Gasteiger partial charge in [-0.1, -0.05) is 22.0 Å². The normalized spacial score (nSPS) is 12.5. The van der Waals surface area contributed by atoms with Gasteiger partial charge in [0.05, 0.1) is 12.0 Å². The van der Waals surface area contributed by atoms with Crippen LogP contribution >= 0.6 is 43.2 Å². The van der Waals surface area contributed by atoms with Crippen molar-refractivity contribution < 1.29 is 9.84 Å². The molecule has 2 rings (SSSR count). The van der Waals surface area contributed by atoms with E-state index in [0.717, 1.165) is 25.1 Å². The molecule has 2 nitrogen and oxygen atoms in total. The fourth-order valence-corrected chi connectivity index (χ4v) is 3.66. The highest BCUT2D eigenvalue weighted by Gasteiger charge is 2.17. The van der Waals surface area contributed by atoms with Crippen LogP contribution in [0.2, 0.25) is 0 Å². The van der Waals surface area contributed by atoms with Gasteiger partial charge in [0.15, 0.2) is 0 Å². The topological polar surface area (TPSA) is 29.5 Å². The van der Waals surface area contributed by atoms with E-state index >= 15 is 0 Å². The minimum absolute atomic E-state index is 0.635. The fraction of sp³-hybridized carbons (Fsp3) is 0.167. The quantitative estimate of drug-likeness (QED) is 0.860. The Morgan fingerprint density at radius 1 is 1.24 bits per heavy atom. The van der Waals surface area contributed by atoms with Crippen LogP contribution in [0.5, 0.6) is 5.75 Å². The van der Waals surface area contributed by atoms with Crippen molar-refractivity contribution in [2.45, 2.75) is 6.10 Å². The van der Waals surface area contributed by atoms with Gasteiger partial charge in [-0.3, -0.25) is 0 Å². The van der Waals surface area contributed by atoms with Crippen LogP contribution in [0.15, 0.2) is 38.6 Å². The second-order valence-corrected chi connectivity index (χ2v) is 6.08. The van der Waals surface area contributed by atoms with Crippen LogP contribution < -0.4 is 4.74 Å². The molecule has 1 aromatic carbocycles. The largest absolute Gasteiger partial charge is 0.497 e. The zero-order chi connectivity index (χ0) is 12.4. The van der Waals surface area contributed by atoms with Gasteiger partial charge < -0.3 is 9.84 Å². The Bertz CT molecular complexity index is 525. The lowest BCUT2D eigenvalue weighted by Gasteiger charge is -2.13. The Kier molecular flexibility index (Phi) is 4.25. The highest BCUT2D eigenvalue weighted by molar-refractivity contribution is 9.10. The molecule has 1 N–H and O–H groups in total. The van der Waals surface area contributed by atoms with Crippen molar-refractivity contribution in [1.29, 1.82) is 0 Å². The zero-order valence-corrected chi connectivity index (χ0v) is 13.0. The van der Waals surface area contributed by atoms with Gasteiger partial charge in [-0.2, -0.15) is 0 Å². The van der Waals surface area contributed by atoms with Crippen LogP contribution in [0.1, 0.15) is 16.5 Å². The first-order valence-corrected chi connectivity index (χ1v) is 7.34. The molecule has 0 radical (unpaired) electrons. The number of methoxy groups -OCH3 is 1. The Balaban J connectivity index is 2.38. The highest BCUT2D eigenvalue weighted by atomic mass is 79.9. The molecule has 17 heavy (non-hydrogen) atoms. The standard InChI is InChI=1S/C12H10Br2O2S/c1-16-7-2-3-8(10(14)6-7)11(15)12-9(13)4-5-17-12/h2-6,11,15H,1H3. The van der Waals surface area contributed by atoms with E-state index in [4.69, 9.17) is 4.74 Å². The van der Waals surface area contributed by atoms with E-state index in [1.165, 1.54) is 11.3 Å². The molecule has 1 heterocycles. The SMILES string of the molecule is COc1ccc(C(O)c2sccc2Br)c(Br)c1. The molecule has 0 aliphatic carbocycles. The summed E-state index contributed by atoms with van der Waals surface area (Å²) >= 11 is 8.40. The lowest BCUT2D eigenvalue weighted by atomic mass is 10.1. The molecular formula is C12H10Br2O2S. The number of hydrogen-bond acceptors (Lipinski definition) is 3. The smallest absolute Gasteiger partial charge is 0.120 e. The Morgan fingerprint density at radius 2 is 2.00 bits per heavy atom.